The molecule has 13 heteroatoms. The average Bonchev–Trinajstić information content (AvgIpc) is 2.94. The van der Waals surface area contributed by atoms with E-state index >= 15 is 0 Å². The fraction of sp³-hybridized carbons (Fsp3) is 0.333. The van der Waals surface area contributed by atoms with Crippen molar-refractivity contribution >= 4 is 62.3 Å². The lowest BCUT2D eigenvalue weighted by Gasteiger charge is -2.34. The molecule has 9 nitrogen and oxygen atoms in total. The molecule has 3 aromatic rings. The van der Waals surface area contributed by atoms with Gasteiger partial charge in [0.05, 0.1) is 24.8 Å². The van der Waals surface area contributed by atoms with E-state index in [-0.39, 0.29) is 22.9 Å². The molecule has 43 heavy (non-hydrogen) atoms. The van der Waals surface area contributed by atoms with Crippen LogP contribution in [0.4, 0.5) is 5.69 Å². The third kappa shape index (κ3) is 8.47. The van der Waals surface area contributed by atoms with Crippen LogP contribution < -0.4 is 19.1 Å². The molecule has 0 fully saturated rings. The smallest absolute Gasteiger partial charge is 0.264 e. The predicted octanol–water partition coefficient (Wildman–Crippen LogP) is 6.19. The lowest BCUT2D eigenvalue weighted by atomic mass is 10.1. The van der Waals surface area contributed by atoms with Crippen LogP contribution in [-0.4, -0.2) is 57.5 Å². The third-order valence-corrected chi connectivity index (χ3v) is 9.12. The molecule has 0 aliphatic rings. The number of ether oxygens (including phenoxy) is 2. The van der Waals surface area contributed by atoms with E-state index in [9.17, 15) is 18.0 Å². The monoisotopic (exact) mass is 669 g/mol. The van der Waals surface area contributed by atoms with Crippen molar-refractivity contribution in [3.63, 3.8) is 0 Å². The van der Waals surface area contributed by atoms with Crippen LogP contribution in [-0.2, 0) is 26.2 Å². The molecule has 2 amide bonds. The first-order chi connectivity index (χ1) is 20.1. The SMILES string of the molecule is COc1ccc(S(=O)(=O)N(CC(=O)N(Cc2c(Cl)cccc2Cl)[C@@H](C)C(=O)NC(C)(C)C)c2ccc(Cl)cc2)cc1OC. The molecule has 0 saturated heterocycles. The fourth-order valence-corrected chi connectivity index (χ4v) is 6.22. The van der Waals surface area contributed by atoms with Crippen molar-refractivity contribution in [2.75, 3.05) is 25.1 Å². The van der Waals surface area contributed by atoms with Crippen LogP contribution in [0.5, 0.6) is 11.5 Å². The molecule has 0 aromatic heterocycles. The summed E-state index contributed by atoms with van der Waals surface area (Å²) in [4.78, 5) is 28.5. The van der Waals surface area contributed by atoms with Gasteiger partial charge in [-0.1, -0.05) is 40.9 Å². The standard InChI is InChI=1S/C30H34Cl3N3O6S/c1-19(29(38)34-30(2,3)4)35(17-23-24(32)8-7-9-25(23)33)28(37)18-36(21-12-10-20(31)11-13-21)43(39,40)22-14-15-26(41-5)27(16-22)42-6/h7-16,19H,17-18H2,1-6H3,(H,34,38)/t19-/m0/s1. The Balaban J connectivity index is 2.11. The van der Waals surface area contributed by atoms with Crippen molar-refractivity contribution in [1.82, 2.24) is 10.2 Å². The van der Waals surface area contributed by atoms with Gasteiger partial charge in [-0.15, -0.1) is 0 Å². The van der Waals surface area contributed by atoms with Gasteiger partial charge in [0.2, 0.25) is 11.8 Å². The molecular weight excluding hydrogens is 637 g/mol. The number of rotatable bonds is 11. The van der Waals surface area contributed by atoms with E-state index in [1.54, 1.807) is 25.1 Å². The minimum atomic E-state index is -4.36. The van der Waals surface area contributed by atoms with Crippen LogP contribution in [0.3, 0.4) is 0 Å². The summed E-state index contributed by atoms with van der Waals surface area (Å²) in [6.07, 6.45) is 0. The van der Waals surface area contributed by atoms with Crippen molar-refractivity contribution < 1.29 is 27.5 Å². The van der Waals surface area contributed by atoms with Gasteiger partial charge in [0, 0.05) is 38.8 Å². The maximum atomic E-state index is 14.1. The molecule has 0 radical (unpaired) electrons. The molecule has 3 rings (SSSR count). The highest BCUT2D eigenvalue weighted by molar-refractivity contribution is 7.92. The Morgan fingerprint density at radius 3 is 2.02 bits per heavy atom. The number of benzene rings is 3. The summed E-state index contributed by atoms with van der Waals surface area (Å²) >= 11 is 18.9. The number of halogens is 3. The Morgan fingerprint density at radius 1 is 0.907 bits per heavy atom. The summed E-state index contributed by atoms with van der Waals surface area (Å²) in [6, 6.07) is 14.0. The van der Waals surface area contributed by atoms with Gasteiger partial charge < -0.3 is 19.7 Å². The van der Waals surface area contributed by atoms with Gasteiger partial charge in [0.15, 0.2) is 11.5 Å². The van der Waals surface area contributed by atoms with Crippen LogP contribution in [0, 0.1) is 0 Å². The number of carbonyl (C=O) groups is 2. The molecule has 1 atom stereocenters. The second kappa shape index (κ2) is 14.1. The number of sulfonamides is 1. The van der Waals surface area contributed by atoms with Crippen molar-refractivity contribution in [1.29, 1.82) is 0 Å². The van der Waals surface area contributed by atoms with E-state index in [2.05, 4.69) is 5.32 Å². The van der Waals surface area contributed by atoms with Gasteiger partial charge in [0.25, 0.3) is 10.0 Å². The molecule has 232 valence electrons. The number of nitrogens with zero attached hydrogens (tertiary/aromatic N) is 2. The van der Waals surface area contributed by atoms with Crippen molar-refractivity contribution in [2.24, 2.45) is 0 Å². The van der Waals surface area contributed by atoms with Crippen molar-refractivity contribution in [3.05, 3.63) is 81.3 Å². The molecule has 0 unspecified atom stereocenters. The first-order valence-corrected chi connectivity index (χ1v) is 15.7. The zero-order valence-corrected chi connectivity index (χ0v) is 27.7. The fourth-order valence-electron chi connectivity index (χ4n) is 4.15. The summed E-state index contributed by atoms with van der Waals surface area (Å²) in [7, 11) is -1.55. The molecular formula is C30H34Cl3N3O6S. The number of methoxy groups -OCH3 is 2. The molecule has 0 saturated carbocycles. The van der Waals surface area contributed by atoms with Crippen LogP contribution in [0.15, 0.2) is 65.6 Å². The van der Waals surface area contributed by atoms with E-state index in [0.717, 1.165) is 4.31 Å². The Morgan fingerprint density at radius 2 is 1.49 bits per heavy atom. The zero-order chi connectivity index (χ0) is 32.1. The predicted molar refractivity (Wildman–Crippen MR) is 170 cm³/mol. The molecule has 0 aliphatic heterocycles. The highest BCUT2D eigenvalue weighted by Gasteiger charge is 2.34. The summed E-state index contributed by atoms with van der Waals surface area (Å²) < 4.78 is 39.7. The van der Waals surface area contributed by atoms with Crippen molar-refractivity contribution in [3.8, 4) is 11.5 Å². The first kappa shape index (κ1) is 34.3. The highest BCUT2D eigenvalue weighted by Crippen LogP contribution is 2.33. The number of anilines is 1. The first-order valence-electron chi connectivity index (χ1n) is 13.1. The quantitative estimate of drug-likeness (QED) is 0.261. The van der Waals surface area contributed by atoms with Crippen LogP contribution >= 0.6 is 34.8 Å². The van der Waals surface area contributed by atoms with Crippen molar-refractivity contribution in [2.45, 2.75) is 50.7 Å². The van der Waals surface area contributed by atoms with Gasteiger partial charge >= 0.3 is 0 Å². The van der Waals surface area contributed by atoms with Crippen LogP contribution in [0.1, 0.15) is 33.3 Å². The van der Waals surface area contributed by atoms with Gasteiger partial charge in [-0.25, -0.2) is 8.42 Å². The Bertz CT molecular complexity index is 1560. The Kier molecular flexibility index (Phi) is 11.2. The Hall–Kier alpha value is -3.18. The van der Waals surface area contributed by atoms with Crippen LogP contribution in [0.25, 0.3) is 0 Å². The molecule has 0 bridgehead atoms. The van der Waals surface area contributed by atoms with E-state index in [0.29, 0.717) is 26.4 Å². The lowest BCUT2D eigenvalue weighted by Crippen LogP contribution is -2.54. The number of amides is 2. The molecule has 0 heterocycles. The topological polar surface area (TPSA) is 105 Å². The summed E-state index contributed by atoms with van der Waals surface area (Å²) in [5.41, 5.74) is -0.000716. The number of nitrogens with one attached hydrogen (secondary N) is 1. The third-order valence-electron chi connectivity index (χ3n) is 6.39. The Labute approximate surface area is 267 Å². The number of hydrogen-bond acceptors (Lipinski definition) is 6. The zero-order valence-electron chi connectivity index (χ0n) is 24.7. The highest BCUT2D eigenvalue weighted by atomic mass is 35.5. The summed E-state index contributed by atoms with van der Waals surface area (Å²) in [5, 5.41) is 3.83. The normalized spacial score (nSPS) is 12.3. The van der Waals surface area contributed by atoms with E-state index < -0.39 is 40.0 Å². The van der Waals surface area contributed by atoms with E-state index in [1.165, 1.54) is 61.6 Å². The van der Waals surface area contributed by atoms with Gasteiger partial charge in [0.1, 0.15) is 12.6 Å². The van der Waals surface area contributed by atoms with Gasteiger partial charge in [-0.3, -0.25) is 13.9 Å². The van der Waals surface area contributed by atoms with Crippen LogP contribution in [0.2, 0.25) is 15.1 Å². The van der Waals surface area contributed by atoms with E-state index in [1.807, 2.05) is 20.8 Å². The summed E-state index contributed by atoms with van der Waals surface area (Å²) in [6.45, 7) is 6.18. The molecule has 3 aromatic carbocycles. The summed E-state index contributed by atoms with van der Waals surface area (Å²) in [5.74, 6) is -0.596. The second-order valence-corrected chi connectivity index (χ2v) is 13.8. The second-order valence-electron chi connectivity index (χ2n) is 10.6. The molecule has 1 N–H and O–H groups in total. The lowest BCUT2D eigenvalue weighted by molar-refractivity contribution is -0.140. The van der Waals surface area contributed by atoms with E-state index in [4.69, 9.17) is 44.3 Å². The minimum absolute atomic E-state index is 0.146. The number of hydrogen-bond donors (Lipinski definition) is 1. The molecule has 0 aliphatic carbocycles. The average molecular weight is 671 g/mol. The largest absolute Gasteiger partial charge is 0.493 e. The van der Waals surface area contributed by atoms with Gasteiger partial charge in [-0.05, 0) is 76.2 Å². The van der Waals surface area contributed by atoms with Gasteiger partial charge in [-0.2, -0.15) is 0 Å². The minimum Gasteiger partial charge on any atom is -0.493 e. The maximum Gasteiger partial charge on any atom is 0.264 e. The number of carbonyl (C=O) groups excluding carboxylic acids is 2. The molecule has 0 spiro atoms. The maximum absolute atomic E-state index is 14.1.